The first-order valence-electron chi connectivity index (χ1n) is 8.10. The van der Waals surface area contributed by atoms with Crippen molar-refractivity contribution in [1.82, 2.24) is 5.32 Å². The van der Waals surface area contributed by atoms with Crippen molar-refractivity contribution in [2.75, 3.05) is 13.7 Å². The van der Waals surface area contributed by atoms with E-state index in [0.717, 1.165) is 35.5 Å². The van der Waals surface area contributed by atoms with Crippen LogP contribution in [0.3, 0.4) is 0 Å². The topological polar surface area (TPSA) is 68.9 Å². The second-order valence-electron chi connectivity index (χ2n) is 6.02. The summed E-state index contributed by atoms with van der Waals surface area (Å²) in [6.07, 6.45) is 5.00. The number of aliphatic imine (C=N–C) groups is 1. The van der Waals surface area contributed by atoms with Crippen molar-refractivity contribution >= 4 is 5.96 Å². The minimum atomic E-state index is 0.296. The molecule has 1 saturated carbocycles. The minimum absolute atomic E-state index is 0.296. The van der Waals surface area contributed by atoms with Gasteiger partial charge in [-0.1, -0.05) is 18.2 Å². The number of hydrogen-bond donors (Lipinski definition) is 2. The maximum absolute atomic E-state index is 6.09. The molecule has 1 aromatic carbocycles. The highest BCUT2D eigenvalue weighted by atomic mass is 16.5. The molecule has 0 amide bonds. The van der Waals surface area contributed by atoms with Gasteiger partial charge in [0.15, 0.2) is 17.5 Å². The number of nitrogens with one attached hydrogen (secondary N) is 1. The largest absolute Gasteiger partial charge is 0.493 e. The first kappa shape index (κ1) is 17.2. The Bertz CT molecular complexity index is 563. The van der Waals surface area contributed by atoms with Crippen LogP contribution in [0.5, 0.6) is 11.5 Å². The monoisotopic (exact) mass is 317 g/mol. The number of nitrogens with two attached hydrogens (primary N) is 1. The zero-order valence-corrected chi connectivity index (χ0v) is 14.1. The Morgan fingerprint density at radius 3 is 2.74 bits per heavy atom. The summed E-state index contributed by atoms with van der Waals surface area (Å²) in [5.41, 5.74) is 7.89. The molecule has 0 bridgehead atoms. The Morgan fingerprint density at radius 2 is 2.09 bits per heavy atom. The summed E-state index contributed by atoms with van der Waals surface area (Å²) in [6.45, 7) is 6.90. The van der Waals surface area contributed by atoms with E-state index in [0.29, 0.717) is 25.2 Å². The second-order valence-corrected chi connectivity index (χ2v) is 6.02. The van der Waals surface area contributed by atoms with Gasteiger partial charge >= 0.3 is 0 Å². The average molecular weight is 317 g/mol. The third-order valence-electron chi connectivity index (χ3n) is 3.83. The lowest BCUT2D eigenvalue weighted by Crippen LogP contribution is -2.32. The number of guanidine groups is 1. The van der Waals surface area contributed by atoms with Crippen LogP contribution in [0.15, 0.2) is 35.3 Å². The quantitative estimate of drug-likeness (QED) is 0.461. The molecule has 0 atom stereocenters. The van der Waals surface area contributed by atoms with Gasteiger partial charge in [0.05, 0.1) is 19.8 Å². The highest BCUT2D eigenvalue weighted by Crippen LogP contribution is 2.32. The van der Waals surface area contributed by atoms with Crippen LogP contribution in [0.2, 0.25) is 0 Å². The number of methoxy groups -OCH3 is 1. The summed E-state index contributed by atoms with van der Waals surface area (Å²) in [6, 6.07) is 5.90. The van der Waals surface area contributed by atoms with Gasteiger partial charge in [0.25, 0.3) is 0 Å². The molecule has 1 aliphatic carbocycles. The molecule has 3 N–H and O–H groups in total. The molecule has 23 heavy (non-hydrogen) atoms. The Kier molecular flexibility index (Phi) is 6.32. The fourth-order valence-electron chi connectivity index (χ4n) is 2.57. The SMILES string of the molecule is C=C(C)CNC(N)=NCc1ccc(OC)c(OC2CCCC2)c1. The maximum atomic E-state index is 6.09. The van der Waals surface area contributed by atoms with E-state index in [1.165, 1.54) is 12.8 Å². The predicted octanol–water partition coefficient (Wildman–Crippen LogP) is 3.00. The number of nitrogens with zero attached hydrogens (tertiary/aromatic N) is 1. The fraction of sp³-hybridized carbons (Fsp3) is 0.500. The highest BCUT2D eigenvalue weighted by molar-refractivity contribution is 5.78. The Balaban J connectivity index is 2.01. The summed E-state index contributed by atoms with van der Waals surface area (Å²) in [5, 5.41) is 3.02. The molecule has 0 aromatic heterocycles. The summed E-state index contributed by atoms with van der Waals surface area (Å²) in [5.74, 6) is 1.97. The van der Waals surface area contributed by atoms with Crippen LogP contribution in [0, 0.1) is 0 Å². The van der Waals surface area contributed by atoms with Gasteiger partial charge < -0.3 is 20.5 Å². The molecule has 2 rings (SSSR count). The molecule has 0 unspecified atom stereocenters. The number of benzene rings is 1. The molecular formula is C18H27N3O2. The molecule has 0 saturated heterocycles. The minimum Gasteiger partial charge on any atom is -0.493 e. The standard InChI is InChI=1S/C18H27N3O2/c1-13(2)11-20-18(19)21-12-14-8-9-16(22-3)17(10-14)23-15-6-4-5-7-15/h8-10,15H,1,4-7,11-12H2,2-3H3,(H3,19,20,21). The average Bonchev–Trinajstić information content (AvgIpc) is 3.04. The van der Waals surface area contributed by atoms with Gasteiger partial charge in [-0.15, -0.1) is 0 Å². The normalized spacial score (nSPS) is 15.5. The predicted molar refractivity (Wildman–Crippen MR) is 94.0 cm³/mol. The zero-order valence-electron chi connectivity index (χ0n) is 14.1. The van der Waals surface area contributed by atoms with Gasteiger partial charge in [-0.3, -0.25) is 0 Å². The Morgan fingerprint density at radius 1 is 1.35 bits per heavy atom. The highest BCUT2D eigenvalue weighted by Gasteiger charge is 2.18. The lowest BCUT2D eigenvalue weighted by atomic mass is 10.2. The zero-order chi connectivity index (χ0) is 16.7. The van der Waals surface area contributed by atoms with Gasteiger partial charge in [-0.05, 0) is 50.3 Å². The smallest absolute Gasteiger partial charge is 0.189 e. The fourth-order valence-corrected chi connectivity index (χ4v) is 2.57. The summed E-state index contributed by atoms with van der Waals surface area (Å²) >= 11 is 0. The van der Waals surface area contributed by atoms with E-state index >= 15 is 0 Å². The molecule has 5 nitrogen and oxygen atoms in total. The first-order chi connectivity index (χ1) is 11.1. The maximum Gasteiger partial charge on any atom is 0.189 e. The molecule has 0 aliphatic heterocycles. The van der Waals surface area contributed by atoms with Crippen LogP contribution in [0.1, 0.15) is 38.2 Å². The lowest BCUT2D eigenvalue weighted by molar-refractivity contribution is 0.200. The van der Waals surface area contributed by atoms with E-state index in [-0.39, 0.29) is 0 Å². The Hall–Kier alpha value is -2.17. The lowest BCUT2D eigenvalue weighted by Gasteiger charge is -2.16. The van der Waals surface area contributed by atoms with Crippen LogP contribution >= 0.6 is 0 Å². The van der Waals surface area contributed by atoms with Crippen LogP contribution in [0.4, 0.5) is 0 Å². The number of ether oxygens (including phenoxy) is 2. The van der Waals surface area contributed by atoms with E-state index < -0.39 is 0 Å². The molecular weight excluding hydrogens is 290 g/mol. The van der Waals surface area contributed by atoms with Gasteiger partial charge in [0, 0.05) is 6.54 Å². The summed E-state index contributed by atoms with van der Waals surface area (Å²) in [7, 11) is 1.66. The molecule has 1 aromatic rings. The van der Waals surface area contributed by atoms with Crippen molar-refractivity contribution < 1.29 is 9.47 Å². The van der Waals surface area contributed by atoms with Crippen molar-refractivity contribution in [3.63, 3.8) is 0 Å². The molecule has 0 radical (unpaired) electrons. The molecule has 5 heteroatoms. The van der Waals surface area contributed by atoms with Crippen molar-refractivity contribution in [3.05, 3.63) is 35.9 Å². The van der Waals surface area contributed by atoms with E-state index in [9.17, 15) is 0 Å². The summed E-state index contributed by atoms with van der Waals surface area (Å²) in [4.78, 5) is 4.34. The van der Waals surface area contributed by atoms with Crippen molar-refractivity contribution in [1.29, 1.82) is 0 Å². The van der Waals surface area contributed by atoms with Crippen molar-refractivity contribution in [2.45, 2.75) is 45.3 Å². The third kappa shape index (κ3) is 5.51. The van der Waals surface area contributed by atoms with Gasteiger partial charge in [0.2, 0.25) is 0 Å². The molecule has 0 spiro atoms. The van der Waals surface area contributed by atoms with Gasteiger partial charge in [0.1, 0.15) is 0 Å². The Labute approximate surface area is 138 Å². The van der Waals surface area contributed by atoms with E-state index in [4.69, 9.17) is 15.2 Å². The van der Waals surface area contributed by atoms with E-state index in [2.05, 4.69) is 16.9 Å². The van der Waals surface area contributed by atoms with Crippen LogP contribution in [-0.2, 0) is 6.54 Å². The van der Waals surface area contributed by atoms with Crippen LogP contribution in [0.25, 0.3) is 0 Å². The number of rotatable bonds is 7. The molecule has 1 fully saturated rings. The molecule has 1 aliphatic rings. The van der Waals surface area contributed by atoms with E-state index in [1.807, 2.05) is 25.1 Å². The molecule has 126 valence electrons. The van der Waals surface area contributed by atoms with E-state index in [1.54, 1.807) is 7.11 Å². The number of hydrogen-bond acceptors (Lipinski definition) is 3. The molecule has 0 heterocycles. The van der Waals surface area contributed by atoms with Crippen LogP contribution in [-0.4, -0.2) is 25.7 Å². The van der Waals surface area contributed by atoms with Crippen LogP contribution < -0.4 is 20.5 Å². The van der Waals surface area contributed by atoms with Gasteiger partial charge in [-0.25, -0.2) is 4.99 Å². The van der Waals surface area contributed by atoms with Crippen molar-refractivity contribution in [3.8, 4) is 11.5 Å². The summed E-state index contributed by atoms with van der Waals surface area (Å²) < 4.78 is 11.5. The second kappa shape index (κ2) is 8.46. The van der Waals surface area contributed by atoms with Gasteiger partial charge in [-0.2, -0.15) is 0 Å². The van der Waals surface area contributed by atoms with Crippen molar-refractivity contribution in [2.24, 2.45) is 10.7 Å². The first-order valence-corrected chi connectivity index (χ1v) is 8.10. The third-order valence-corrected chi connectivity index (χ3v) is 3.83.